The predicted octanol–water partition coefficient (Wildman–Crippen LogP) is 1.70. The average Bonchev–Trinajstić information content (AvgIpc) is 2.44. The van der Waals surface area contributed by atoms with E-state index in [1.807, 2.05) is 32.0 Å². The molecule has 110 valence electrons. The van der Waals surface area contributed by atoms with Gasteiger partial charge in [0.25, 0.3) is 5.91 Å². The van der Waals surface area contributed by atoms with Crippen LogP contribution in [0.2, 0.25) is 0 Å². The van der Waals surface area contributed by atoms with Crippen molar-refractivity contribution in [2.75, 3.05) is 27.3 Å². The lowest BCUT2D eigenvalue weighted by molar-refractivity contribution is -0.141. The SMILES string of the molecule is COC(=O)CCN(C)C(=O)COc1cc(C)ccc1C. The molecule has 0 aliphatic carbocycles. The molecule has 0 saturated heterocycles. The molecule has 0 saturated carbocycles. The van der Waals surface area contributed by atoms with Gasteiger partial charge in [0.05, 0.1) is 13.5 Å². The molecule has 0 spiro atoms. The molecule has 1 aromatic carbocycles. The predicted molar refractivity (Wildman–Crippen MR) is 75.7 cm³/mol. The third kappa shape index (κ3) is 4.91. The highest BCUT2D eigenvalue weighted by Crippen LogP contribution is 2.18. The van der Waals surface area contributed by atoms with Crippen molar-refractivity contribution in [2.45, 2.75) is 20.3 Å². The summed E-state index contributed by atoms with van der Waals surface area (Å²) >= 11 is 0. The molecule has 0 heterocycles. The van der Waals surface area contributed by atoms with Gasteiger partial charge in [-0.3, -0.25) is 9.59 Å². The van der Waals surface area contributed by atoms with E-state index < -0.39 is 0 Å². The maximum absolute atomic E-state index is 11.9. The third-order valence-corrected chi connectivity index (χ3v) is 3.00. The first kappa shape index (κ1) is 16.0. The van der Waals surface area contributed by atoms with E-state index in [-0.39, 0.29) is 24.9 Å². The summed E-state index contributed by atoms with van der Waals surface area (Å²) in [6.45, 7) is 4.18. The second-order valence-electron chi connectivity index (χ2n) is 4.70. The Labute approximate surface area is 119 Å². The van der Waals surface area contributed by atoms with Crippen LogP contribution in [0.25, 0.3) is 0 Å². The Morgan fingerprint density at radius 1 is 1.25 bits per heavy atom. The monoisotopic (exact) mass is 279 g/mol. The lowest BCUT2D eigenvalue weighted by atomic mass is 10.1. The number of methoxy groups -OCH3 is 1. The molecule has 0 fully saturated rings. The summed E-state index contributed by atoms with van der Waals surface area (Å²) in [4.78, 5) is 24.3. The zero-order chi connectivity index (χ0) is 15.1. The number of esters is 1. The van der Waals surface area contributed by atoms with E-state index in [0.717, 1.165) is 11.1 Å². The molecule has 0 unspecified atom stereocenters. The van der Waals surface area contributed by atoms with Gasteiger partial charge in [-0.2, -0.15) is 0 Å². The van der Waals surface area contributed by atoms with Crippen LogP contribution in [0.3, 0.4) is 0 Å². The molecule has 0 atom stereocenters. The average molecular weight is 279 g/mol. The number of nitrogens with zero attached hydrogens (tertiary/aromatic N) is 1. The molecule has 0 aliphatic heterocycles. The molecule has 0 radical (unpaired) electrons. The van der Waals surface area contributed by atoms with Crippen molar-refractivity contribution in [3.63, 3.8) is 0 Å². The molecule has 1 rings (SSSR count). The Bertz CT molecular complexity index is 485. The summed E-state index contributed by atoms with van der Waals surface area (Å²) in [5, 5.41) is 0. The molecule has 1 amide bonds. The van der Waals surface area contributed by atoms with Crippen LogP contribution in [0.5, 0.6) is 5.75 Å². The van der Waals surface area contributed by atoms with Crippen LogP contribution in [-0.4, -0.2) is 44.1 Å². The number of benzene rings is 1. The summed E-state index contributed by atoms with van der Waals surface area (Å²) in [7, 11) is 2.96. The van der Waals surface area contributed by atoms with Crippen molar-refractivity contribution >= 4 is 11.9 Å². The molecule has 20 heavy (non-hydrogen) atoms. The first-order valence-corrected chi connectivity index (χ1v) is 6.45. The topological polar surface area (TPSA) is 55.8 Å². The summed E-state index contributed by atoms with van der Waals surface area (Å²) in [6.07, 6.45) is 0.183. The van der Waals surface area contributed by atoms with Crippen molar-refractivity contribution in [2.24, 2.45) is 0 Å². The van der Waals surface area contributed by atoms with Gasteiger partial charge < -0.3 is 14.4 Å². The summed E-state index contributed by atoms with van der Waals surface area (Å²) in [5.41, 5.74) is 2.07. The zero-order valence-electron chi connectivity index (χ0n) is 12.4. The Balaban J connectivity index is 2.46. The number of carbonyl (C=O) groups excluding carboxylic acids is 2. The van der Waals surface area contributed by atoms with Crippen LogP contribution in [0, 0.1) is 13.8 Å². The number of aryl methyl sites for hydroxylation is 2. The van der Waals surface area contributed by atoms with Crippen LogP contribution in [0.15, 0.2) is 18.2 Å². The van der Waals surface area contributed by atoms with E-state index in [4.69, 9.17) is 4.74 Å². The molecular weight excluding hydrogens is 258 g/mol. The lowest BCUT2D eigenvalue weighted by Gasteiger charge is -2.17. The maximum Gasteiger partial charge on any atom is 0.307 e. The van der Waals surface area contributed by atoms with Crippen LogP contribution < -0.4 is 4.74 Å². The maximum atomic E-state index is 11.9. The van der Waals surface area contributed by atoms with Crippen LogP contribution >= 0.6 is 0 Å². The van der Waals surface area contributed by atoms with Crippen molar-refractivity contribution in [1.29, 1.82) is 0 Å². The fraction of sp³-hybridized carbons (Fsp3) is 0.467. The van der Waals surface area contributed by atoms with Gasteiger partial charge in [-0.1, -0.05) is 12.1 Å². The highest BCUT2D eigenvalue weighted by atomic mass is 16.5. The highest BCUT2D eigenvalue weighted by Gasteiger charge is 2.12. The normalized spacial score (nSPS) is 10.0. The second-order valence-corrected chi connectivity index (χ2v) is 4.70. The third-order valence-electron chi connectivity index (χ3n) is 3.00. The van der Waals surface area contributed by atoms with Gasteiger partial charge in [0, 0.05) is 13.6 Å². The van der Waals surface area contributed by atoms with Gasteiger partial charge in [-0.05, 0) is 31.0 Å². The fourth-order valence-corrected chi connectivity index (χ4v) is 1.60. The van der Waals surface area contributed by atoms with E-state index in [1.165, 1.54) is 12.0 Å². The molecule has 0 aliphatic rings. The first-order valence-electron chi connectivity index (χ1n) is 6.45. The van der Waals surface area contributed by atoms with Gasteiger partial charge in [-0.15, -0.1) is 0 Å². The Morgan fingerprint density at radius 2 is 1.95 bits per heavy atom. The van der Waals surface area contributed by atoms with Gasteiger partial charge in [-0.25, -0.2) is 0 Å². The quantitative estimate of drug-likeness (QED) is 0.744. The fourth-order valence-electron chi connectivity index (χ4n) is 1.60. The number of hydrogen-bond acceptors (Lipinski definition) is 4. The van der Waals surface area contributed by atoms with E-state index >= 15 is 0 Å². The minimum atomic E-state index is -0.333. The minimum absolute atomic E-state index is 0.0397. The number of carbonyl (C=O) groups is 2. The molecule has 5 nitrogen and oxygen atoms in total. The van der Waals surface area contributed by atoms with E-state index in [1.54, 1.807) is 7.05 Å². The standard InChI is InChI=1S/C15H21NO4/c1-11-5-6-12(2)13(9-11)20-10-14(17)16(3)8-7-15(18)19-4/h5-6,9H,7-8,10H2,1-4H3. The molecule has 1 aromatic rings. The highest BCUT2D eigenvalue weighted by molar-refractivity contribution is 5.78. The second kappa shape index (κ2) is 7.53. The molecule has 0 bridgehead atoms. The number of hydrogen-bond donors (Lipinski definition) is 0. The van der Waals surface area contributed by atoms with Crippen molar-refractivity contribution in [3.8, 4) is 5.75 Å². The zero-order valence-corrected chi connectivity index (χ0v) is 12.4. The van der Waals surface area contributed by atoms with Crippen LogP contribution in [0.1, 0.15) is 17.5 Å². The summed E-state index contributed by atoms with van der Waals surface area (Å²) < 4.78 is 10.1. The molecule has 0 aromatic heterocycles. The smallest absolute Gasteiger partial charge is 0.307 e. The van der Waals surface area contributed by atoms with Crippen LogP contribution in [0.4, 0.5) is 0 Å². The number of ether oxygens (including phenoxy) is 2. The molecular formula is C15H21NO4. The minimum Gasteiger partial charge on any atom is -0.483 e. The molecule has 0 N–H and O–H groups in total. The van der Waals surface area contributed by atoms with E-state index in [9.17, 15) is 9.59 Å². The Kier molecular flexibility index (Phi) is 6.03. The van der Waals surface area contributed by atoms with Gasteiger partial charge >= 0.3 is 5.97 Å². The first-order chi connectivity index (χ1) is 9.43. The summed E-state index contributed by atoms with van der Waals surface area (Å²) in [6, 6.07) is 5.85. The molecule has 5 heteroatoms. The van der Waals surface area contributed by atoms with Gasteiger partial charge in [0.2, 0.25) is 0 Å². The number of rotatable bonds is 6. The summed E-state index contributed by atoms with van der Waals surface area (Å²) in [5.74, 6) is 0.203. The van der Waals surface area contributed by atoms with Crippen molar-refractivity contribution in [3.05, 3.63) is 29.3 Å². The van der Waals surface area contributed by atoms with E-state index in [2.05, 4.69) is 4.74 Å². The van der Waals surface area contributed by atoms with Gasteiger partial charge in [0.1, 0.15) is 5.75 Å². The number of amides is 1. The van der Waals surface area contributed by atoms with Crippen molar-refractivity contribution in [1.82, 2.24) is 4.90 Å². The van der Waals surface area contributed by atoms with Gasteiger partial charge in [0.15, 0.2) is 6.61 Å². The number of likely N-dealkylation sites (N-methyl/N-ethyl adjacent to an activating group) is 1. The largest absolute Gasteiger partial charge is 0.483 e. The lowest BCUT2D eigenvalue weighted by Crippen LogP contribution is -2.33. The van der Waals surface area contributed by atoms with Crippen molar-refractivity contribution < 1.29 is 19.1 Å². The Morgan fingerprint density at radius 3 is 2.60 bits per heavy atom. The van der Waals surface area contributed by atoms with Crippen LogP contribution in [-0.2, 0) is 14.3 Å². The van der Waals surface area contributed by atoms with E-state index in [0.29, 0.717) is 12.3 Å². The Hall–Kier alpha value is -2.04.